The summed E-state index contributed by atoms with van der Waals surface area (Å²) in [6, 6.07) is 4.35. The van der Waals surface area contributed by atoms with E-state index in [9.17, 15) is 19.2 Å². The highest BCUT2D eigenvalue weighted by Gasteiger charge is 2.36. The van der Waals surface area contributed by atoms with E-state index in [1.54, 1.807) is 20.8 Å². The molecular weight excluding hydrogens is 530 g/mol. The Kier molecular flexibility index (Phi) is 14.3. The summed E-state index contributed by atoms with van der Waals surface area (Å²) in [6.07, 6.45) is -0.915. The van der Waals surface area contributed by atoms with Crippen LogP contribution in [-0.4, -0.2) is 42.4 Å². The Labute approximate surface area is 244 Å². The normalized spacial score (nSPS) is 16.4. The van der Waals surface area contributed by atoms with Gasteiger partial charge in [0.2, 0.25) is 0 Å². The number of carbonyl (C=O) groups is 4. The Morgan fingerprint density at radius 2 is 1.20 bits per heavy atom. The fraction of sp³-hybridized carbons (Fsp3) is 0.677. The van der Waals surface area contributed by atoms with Gasteiger partial charge in [0.15, 0.2) is 11.5 Å². The Hall–Kier alpha value is -3.14. The molecule has 2 N–H and O–H groups in total. The summed E-state index contributed by atoms with van der Waals surface area (Å²) in [7, 11) is 0. The quantitative estimate of drug-likeness (QED) is 0.192. The van der Waals surface area contributed by atoms with Gasteiger partial charge in [-0.05, 0) is 63.1 Å². The first-order valence-corrected chi connectivity index (χ1v) is 14.4. The molecule has 0 bridgehead atoms. The lowest BCUT2D eigenvalue weighted by atomic mass is 9.93. The van der Waals surface area contributed by atoms with Crippen molar-refractivity contribution in [3.05, 3.63) is 23.8 Å². The molecular formula is C31H49NO9. The molecule has 10 heteroatoms. The predicted molar refractivity (Wildman–Crippen MR) is 154 cm³/mol. The van der Waals surface area contributed by atoms with Crippen LogP contribution in [0, 0.1) is 17.8 Å². The van der Waals surface area contributed by atoms with Gasteiger partial charge in [-0.1, -0.05) is 60.5 Å². The highest BCUT2D eigenvalue weighted by molar-refractivity contribution is 5.83. The minimum absolute atomic E-state index is 0.0236. The zero-order valence-corrected chi connectivity index (χ0v) is 26.3. The van der Waals surface area contributed by atoms with Gasteiger partial charge in [-0.3, -0.25) is 9.59 Å². The van der Waals surface area contributed by atoms with Gasteiger partial charge in [-0.15, -0.1) is 0 Å². The van der Waals surface area contributed by atoms with E-state index in [-0.39, 0.29) is 53.8 Å². The van der Waals surface area contributed by atoms with Crippen molar-refractivity contribution in [2.45, 2.75) is 119 Å². The second-order valence-electron chi connectivity index (χ2n) is 11.5. The van der Waals surface area contributed by atoms with Crippen LogP contribution in [0.4, 0.5) is 4.79 Å². The van der Waals surface area contributed by atoms with Crippen molar-refractivity contribution in [2.24, 2.45) is 23.5 Å². The van der Waals surface area contributed by atoms with Crippen LogP contribution in [0.15, 0.2) is 18.2 Å². The molecule has 0 heterocycles. The lowest BCUT2D eigenvalue weighted by Gasteiger charge is -2.28. The molecule has 0 spiro atoms. The molecule has 41 heavy (non-hydrogen) atoms. The Morgan fingerprint density at radius 1 is 0.732 bits per heavy atom. The van der Waals surface area contributed by atoms with Gasteiger partial charge in [-0.2, -0.15) is 0 Å². The molecule has 0 saturated carbocycles. The molecule has 0 fully saturated rings. The summed E-state index contributed by atoms with van der Waals surface area (Å²) in [6.45, 7) is 18.0. The largest absolute Gasteiger partial charge is 0.508 e. The lowest BCUT2D eigenvalue weighted by molar-refractivity contribution is -0.160. The lowest BCUT2D eigenvalue weighted by Crippen LogP contribution is -2.46. The predicted octanol–water partition coefficient (Wildman–Crippen LogP) is 6.06. The molecule has 0 saturated heterocycles. The number of carbonyl (C=O) groups excluding carboxylic acids is 4. The number of hydrogen-bond donors (Lipinski definition) is 1. The van der Waals surface area contributed by atoms with E-state index in [0.717, 1.165) is 12.8 Å². The molecule has 232 valence electrons. The molecule has 0 aliphatic carbocycles. The minimum atomic E-state index is -1.68. The van der Waals surface area contributed by atoms with Crippen LogP contribution in [0.25, 0.3) is 0 Å². The first-order chi connectivity index (χ1) is 19.0. The van der Waals surface area contributed by atoms with Gasteiger partial charge in [0.05, 0.1) is 0 Å². The average Bonchev–Trinajstić information content (AvgIpc) is 2.88. The van der Waals surface area contributed by atoms with Gasteiger partial charge >= 0.3 is 24.1 Å². The van der Waals surface area contributed by atoms with Gasteiger partial charge < -0.3 is 29.4 Å². The maximum absolute atomic E-state index is 13.2. The van der Waals surface area contributed by atoms with Crippen LogP contribution >= 0.6 is 0 Å². The Balaban J connectivity index is 3.13. The fourth-order valence-corrected chi connectivity index (χ4v) is 3.25. The summed E-state index contributed by atoms with van der Waals surface area (Å²) < 4.78 is 27.1. The smallest absolute Gasteiger partial charge is 0.457 e. The molecule has 0 aliphatic heterocycles. The van der Waals surface area contributed by atoms with Crippen LogP contribution in [0.5, 0.6) is 11.5 Å². The summed E-state index contributed by atoms with van der Waals surface area (Å²) in [4.78, 5) is 50.3. The first kappa shape index (κ1) is 35.9. The van der Waals surface area contributed by atoms with Crippen molar-refractivity contribution in [3.63, 3.8) is 0 Å². The topological polar surface area (TPSA) is 140 Å². The van der Waals surface area contributed by atoms with Gasteiger partial charge in [0.1, 0.15) is 23.9 Å². The number of benzene rings is 1. The molecule has 0 aromatic heterocycles. The van der Waals surface area contributed by atoms with Gasteiger partial charge in [0.25, 0.3) is 0 Å². The van der Waals surface area contributed by atoms with Crippen LogP contribution in [0.1, 0.15) is 100 Å². The molecule has 0 aliphatic rings. The molecule has 0 radical (unpaired) electrons. The van der Waals surface area contributed by atoms with Crippen molar-refractivity contribution >= 4 is 24.1 Å². The summed E-state index contributed by atoms with van der Waals surface area (Å²) >= 11 is 0. The first-order valence-electron chi connectivity index (χ1n) is 14.4. The monoisotopic (exact) mass is 579 g/mol. The Morgan fingerprint density at radius 3 is 1.68 bits per heavy atom. The summed E-state index contributed by atoms with van der Waals surface area (Å²) in [5, 5.41) is 0. The molecule has 10 nitrogen and oxygen atoms in total. The number of hydrogen-bond acceptors (Lipinski definition) is 10. The second kappa shape index (κ2) is 16.3. The fourth-order valence-electron chi connectivity index (χ4n) is 3.25. The van der Waals surface area contributed by atoms with E-state index >= 15 is 0 Å². The molecule has 0 amide bonds. The standard InChI is InChI=1S/C31H49NO9/c1-11-19(5)15-27(33)40-25-14-13-24(17-26(25)41-28(34)16-20(6)12-2)31(10,32)29(35)37-22(8)23(9)39-30(36)38-21(7)18(3)4/h13-14,17-23H,11-12,15-16,32H2,1-10H3/t19?,20?,21?,22-,23-,31-/m0/s1. The third-order valence-corrected chi connectivity index (χ3v) is 7.30. The molecule has 1 rings (SSSR count). The van der Waals surface area contributed by atoms with E-state index in [2.05, 4.69) is 0 Å². The zero-order valence-electron chi connectivity index (χ0n) is 26.3. The SMILES string of the molecule is CCC(C)CC(=O)Oc1ccc([C@](C)(N)C(=O)O[C@@H](C)[C@H](C)OC(=O)OC(C)C(C)C)cc1OC(=O)CC(C)CC. The maximum Gasteiger partial charge on any atom is 0.508 e. The third kappa shape index (κ3) is 11.7. The average molecular weight is 580 g/mol. The summed E-state index contributed by atoms with van der Waals surface area (Å²) in [5.74, 6) is -1.43. The molecule has 6 atom stereocenters. The molecule has 1 aromatic rings. The minimum Gasteiger partial charge on any atom is -0.457 e. The zero-order chi connectivity index (χ0) is 31.5. The highest BCUT2D eigenvalue weighted by Crippen LogP contribution is 2.34. The Bertz CT molecular complexity index is 1040. The third-order valence-electron chi connectivity index (χ3n) is 7.30. The van der Waals surface area contributed by atoms with Crippen LogP contribution in [-0.2, 0) is 34.1 Å². The van der Waals surface area contributed by atoms with E-state index < -0.39 is 41.8 Å². The maximum atomic E-state index is 13.2. The van der Waals surface area contributed by atoms with Crippen molar-refractivity contribution < 1.29 is 42.9 Å². The van der Waals surface area contributed by atoms with Crippen LogP contribution in [0.2, 0.25) is 0 Å². The van der Waals surface area contributed by atoms with Gasteiger partial charge in [0, 0.05) is 12.8 Å². The van der Waals surface area contributed by atoms with Gasteiger partial charge in [-0.25, -0.2) is 9.59 Å². The second-order valence-corrected chi connectivity index (χ2v) is 11.5. The number of ether oxygens (including phenoxy) is 5. The van der Waals surface area contributed by atoms with Crippen molar-refractivity contribution in [1.29, 1.82) is 0 Å². The van der Waals surface area contributed by atoms with E-state index in [0.29, 0.717) is 0 Å². The number of rotatable bonds is 15. The van der Waals surface area contributed by atoms with Crippen molar-refractivity contribution in [2.75, 3.05) is 0 Å². The summed E-state index contributed by atoms with van der Waals surface area (Å²) in [5.41, 5.74) is 4.99. The van der Waals surface area contributed by atoms with E-state index in [1.807, 2.05) is 41.5 Å². The molecule has 3 unspecified atom stereocenters. The van der Waals surface area contributed by atoms with E-state index in [1.165, 1.54) is 25.1 Å². The number of nitrogens with two attached hydrogens (primary N) is 1. The number of esters is 3. The van der Waals surface area contributed by atoms with Crippen LogP contribution in [0.3, 0.4) is 0 Å². The highest BCUT2D eigenvalue weighted by atomic mass is 16.7. The van der Waals surface area contributed by atoms with Crippen molar-refractivity contribution in [1.82, 2.24) is 0 Å². The van der Waals surface area contributed by atoms with Crippen LogP contribution < -0.4 is 15.2 Å². The van der Waals surface area contributed by atoms with Crippen molar-refractivity contribution in [3.8, 4) is 11.5 Å². The van der Waals surface area contributed by atoms with E-state index in [4.69, 9.17) is 29.4 Å². The molecule has 1 aromatic carbocycles.